The minimum atomic E-state index is 0.524. The Bertz CT molecular complexity index is 285. The number of ketones is 1. The van der Waals surface area contributed by atoms with Crippen LogP contribution in [0.5, 0.6) is 0 Å². The van der Waals surface area contributed by atoms with Gasteiger partial charge in [-0.2, -0.15) is 0 Å². The van der Waals surface area contributed by atoms with E-state index in [1.54, 1.807) is 0 Å². The fourth-order valence-corrected chi connectivity index (χ4v) is 4.35. The molecule has 4 atom stereocenters. The molecule has 2 heterocycles. The molecule has 1 saturated carbocycles. The lowest BCUT2D eigenvalue weighted by atomic mass is 9.83. The zero-order valence-electron chi connectivity index (χ0n) is 11.0. The van der Waals surface area contributed by atoms with Crippen molar-refractivity contribution in [2.24, 2.45) is 11.8 Å². The Kier molecular flexibility index (Phi) is 3.25. The molecule has 4 unspecified atom stereocenters. The summed E-state index contributed by atoms with van der Waals surface area (Å²) in [6.07, 6.45) is 9.84. The molecule has 3 fully saturated rings. The molecular formula is C15H25NO. The van der Waals surface area contributed by atoms with Crippen molar-refractivity contribution in [1.29, 1.82) is 0 Å². The van der Waals surface area contributed by atoms with Gasteiger partial charge in [0.2, 0.25) is 0 Å². The zero-order valence-corrected chi connectivity index (χ0v) is 11.0. The minimum Gasteiger partial charge on any atom is -0.300 e. The van der Waals surface area contributed by atoms with Gasteiger partial charge in [-0.3, -0.25) is 9.69 Å². The molecule has 3 rings (SSSR count). The average molecular weight is 235 g/mol. The third kappa shape index (κ3) is 2.42. The number of hydrogen-bond acceptors (Lipinski definition) is 2. The number of fused-ring (bicyclic) bond motifs is 2. The van der Waals surface area contributed by atoms with E-state index in [0.717, 1.165) is 24.7 Å². The van der Waals surface area contributed by atoms with Crippen LogP contribution in [0.3, 0.4) is 0 Å². The second-order valence-electron chi connectivity index (χ2n) is 6.67. The number of nitrogens with zero attached hydrogens (tertiary/aromatic N) is 1. The molecule has 0 N–H and O–H groups in total. The highest BCUT2D eigenvalue weighted by molar-refractivity contribution is 5.80. The molecule has 0 aromatic carbocycles. The lowest BCUT2D eigenvalue weighted by molar-refractivity contribution is -0.127. The maximum Gasteiger partial charge on any atom is 0.136 e. The lowest BCUT2D eigenvalue weighted by Crippen LogP contribution is -2.53. The largest absolute Gasteiger partial charge is 0.300 e. The summed E-state index contributed by atoms with van der Waals surface area (Å²) < 4.78 is 0. The van der Waals surface area contributed by atoms with E-state index in [-0.39, 0.29) is 0 Å². The summed E-state index contributed by atoms with van der Waals surface area (Å²) in [6, 6.07) is 1.21. The first-order chi connectivity index (χ1) is 8.22. The molecule has 2 nitrogen and oxygen atoms in total. The summed E-state index contributed by atoms with van der Waals surface area (Å²) in [5.74, 6) is 2.38. The fourth-order valence-electron chi connectivity index (χ4n) is 4.35. The summed E-state index contributed by atoms with van der Waals surface area (Å²) in [5, 5.41) is 0. The van der Waals surface area contributed by atoms with Gasteiger partial charge in [0.15, 0.2) is 0 Å². The van der Waals surface area contributed by atoms with Gasteiger partial charge in [-0.05, 0) is 37.5 Å². The van der Waals surface area contributed by atoms with E-state index in [4.69, 9.17) is 0 Å². The van der Waals surface area contributed by atoms with Gasteiger partial charge in [0.05, 0.1) is 0 Å². The van der Waals surface area contributed by atoms with Crippen LogP contribution in [-0.2, 0) is 4.79 Å². The van der Waals surface area contributed by atoms with Crippen molar-refractivity contribution < 1.29 is 4.79 Å². The van der Waals surface area contributed by atoms with Crippen molar-refractivity contribution in [3.63, 3.8) is 0 Å². The maximum absolute atomic E-state index is 11.7. The molecular weight excluding hydrogens is 210 g/mol. The molecule has 2 bridgehead atoms. The number of hydrogen-bond donors (Lipinski definition) is 0. The van der Waals surface area contributed by atoms with E-state index < -0.39 is 0 Å². The molecule has 0 spiro atoms. The SMILES string of the molecule is CC1CCC(CN2C3CCCC2CC(=O)C3)C1. The third-order valence-corrected chi connectivity index (χ3v) is 5.21. The molecule has 2 aliphatic heterocycles. The number of Topliss-reactive ketones (excluding diaryl/α,β-unsaturated/α-hetero) is 1. The van der Waals surface area contributed by atoms with Gasteiger partial charge in [0, 0.05) is 31.5 Å². The Morgan fingerprint density at radius 2 is 1.82 bits per heavy atom. The van der Waals surface area contributed by atoms with Crippen LogP contribution >= 0.6 is 0 Å². The van der Waals surface area contributed by atoms with Crippen LogP contribution in [0.15, 0.2) is 0 Å². The van der Waals surface area contributed by atoms with Gasteiger partial charge in [0.25, 0.3) is 0 Å². The van der Waals surface area contributed by atoms with Crippen molar-refractivity contribution in [3.05, 3.63) is 0 Å². The highest BCUT2D eigenvalue weighted by atomic mass is 16.1. The molecule has 96 valence electrons. The summed E-state index contributed by atoms with van der Waals surface area (Å²) in [6.45, 7) is 3.67. The van der Waals surface area contributed by atoms with Gasteiger partial charge < -0.3 is 0 Å². The summed E-state index contributed by atoms with van der Waals surface area (Å²) in [7, 11) is 0. The van der Waals surface area contributed by atoms with Crippen LogP contribution in [0, 0.1) is 11.8 Å². The summed E-state index contributed by atoms with van der Waals surface area (Å²) >= 11 is 0. The topological polar surface area (TPSA) is 20.3 Å². The average Bonchev–Trinajstić information content (AvgIpc) is 2.65. The molecule has 2 heteroatoms. The van der Waals surface area contributed by atoms with E-state index in [1.165, 1.54) is 45.1 Å². The Balaban J connectivity index is 1.64. The Hall–Kier alpha value is -0.370. The Morgan fingerprint density at radius 1 is 1.12 bits per heavy atom. The monoisotopic (exact) mass is 235 g/mol. The number of piperidine rings is 2. The molecule has 3 aliphatic rings. The second kappa shape index (κ2) is 4.72. The molecule has 0 aromatic heterocycles. The molecule has 0 radical (unpaired) electrons. The Labute approximate surface area is 105 Å². The van der Waals surface area contributed by atoms with Gasteiger partial charge in [-0.15, -0.1) is 0 Å². The summed E-state index contributed by atoms with van der Waals surface area (Å²) in [4.78, 5) is 14.4. The van der Waals surface area contributed by atoms with Crippen LogP contribution in [0.25, 0.3) is 0 Å². The first kappa shape index (κ1) is 11.7. The van der Waals surface area contributed by atoms with Crippen molar-refractivity contribution >= 4 is 5.78 Å². The molecule has 2 saturated heterocycles. The van der Waals surface area contributed by atoms with E-state index >= 15 is 0 Å². The number of rotatable bonds is 2. The van der Waals surface area contributed by atoms with E-state index in [0.29, 0.717) is 17.9 Å². The van der Waals surface area contributed by atoms with E-state index in [1.807, 2.05) is 0 Å². The second-order valence-corrected chi connectivity index (χ2v) is 6.67. The maximum atomic E-state index is 11.7. The van der Waals surface area contributed by atoms with Crippen LogP contribution in [-0.4, -0.2) is 29.3 Å². The normalized spacial score (nSPS) is 43.0. The van der Waals surface area contributed by atoms with Crippen molar-refractivity contribution in [1.82, 2.24) is 4.90 Å². The smallest absolute Gasteiger partial charge is 0.136 e. The third-order valence-electron chi connectivity index (χ3n) is 5.21. The van der Waals surface area contributed by atoms with Crippen molar-refractivity contribution in [3.8, 4) is 0 Å². The highest BCUT2D eigenvalue weighted by Gasteiger charge is 2.38. The lowest BCUT2D eigenvalue weighted by Gasteiger charge is -2.46. The molecule has 0 aromatic rings. The first-order valence-electron chi connectivity index (χ1n) is 7.50. The van der Waals surface area contributed by atoms with Crippen LogP contribution in [0.2, 0.25) is 0 Å². The van der Waals surface area contributed by atoms with Gasteiger partial charge >= 0.3 is 0 Å². The van der Waals surface area contributed by atoms with E-state index in [9.17, 15) is 4.79 Å². The minimum absolute atomic E-state index is 0.524. The van der Waals surface area contributed by atoms with Crippen LogP contribution in [0.1, 0.15) is 58.3 Å². The van der Waals surface area contributed by atoms with Gasteiger partial charge in [-0.1, -0.05) is 19.8 Å². The van der Waals surface area contributed by atoms with Crippen molar-refractivity contribution in [2.45, 2.75) is 70.4 Å². The van der Waals surface area contributed by atoms with Crippen LogP contribution in [0.4, 0.5) is 0 Å². The number of carbonyl (C=O) groups excluding carboxylic acids is 1. The van der Waals surface area contributed by atoms with Gasteiger partial charge in [0.1, 0.15) is 5.78 Å². The quantitative estimate of drug-likeness (QED) is 0.733. The highest BCUT2D eigenvalue weighted by Crippen LogP contribution is 2.37. The zero-order chi connectivity index (χ0) is 11.8. The molecule has 17 heavy (non-hydrogen) atoms. The Morgan fingerprint density at radius 3 is 2.41 bits per heavy atom. The number of carbonyl (C=O) groups is 1. The first-order valence-corrected chi connectivity index (χ1v) is 7.50. The summed E-state index contributed by atoms with van der Waals surface area (Å²) in [5.41, 5.74) is 0. The van der Waals surface area contributed by atoms with Crippen LogP contribution < -0.4 is 0 Å². The fraction of sp³-hybridized carbons (Fsp3) is 0.933. The van der Waals surface area contributed by atoms with E-state index in [2.05, 4.69) is 11.8 Å². The molecule has 0 amide bonds. The van der Waals surface area contributed by atoms with Gasteiger partial charge in [-0.25, -0.2) is 0 Å². The molecule has 1 aliphatic carbocycles. The van der Waals surface area contributed by atoms with Crippen molar-refractivity contribution in [2.75, 3.05) is 6.54 Å². The predicted octanol–water partition coefficient (Wildman–Crippen LogP) is 3.01. The predicted molar refractivity (Wildman–Crippen MR) is 68.9 cm³/mol. The standard InChI is InChI=1S/C15H25NO/c1-11-5-6-12(7-11)10-16-13-3-2-4-14(16)9-15(17)8-13/h11-14H,2-10H2,1H3.